The third-order valence-corrected chi connectivity index (χ3v) is 4.98. The van der Waals surface area contributed by atoms with Crippen LogP contribution in [0.4, 0.5) is 10.5 Å². The van der Waals surface area contributed by atoms with Gasteiger partial charge >= 0.3 is 12.1 Å². The molecular formula is C17H24N2O6S. The van der Waals surface area contributed by atoms with Crippen molar-refractivity contribution in [1.29, 1.82) is 0 Å². The van der Waals surface area contributed by atoms with Gasteiger partial charge < -0.3 is 14.8 Å². The molecule has 0 unspecified atom stereocenters. The number of nitrogens with zero attached hydrogens (tertiary/aromatic N) is 1. The average molecular weight is 384 g/mol. The van der Waals surface area contributed by atoms with Crippen molar-refractivity contribution >= 4 is 27.8 Å². The molecule has 1 aromatic carbocycles. The molecule has 0 bridgehead atoms. The van der Waals surface area contributed by atoms with Gasteiger partial charge in [0, 0.05) is 13.1 Å². The molecule has 0 fully saturated rings. The van der Waals surface area contributed by atoms with Crippen molar-refractivity contribution < 1.29 is 27.5 Å². The molecule has 1 aliphatic rings. The van der Waals surface area contributed by atoms with Crippen molar-refractivity contribution in [2.75, 3.05) is 24.2 Å². The highest BCUT2D eigenvalue weighted by atomic mass is 32.2. The number of ether oxygens (including phenoxy) is 2. The SMILES string of the molecule is COC(=O)c1cc(CNC(=O)OC(C)(C)C)c2c(c1)N(S(C)(=O)=O)CC2. The van der Waals surface area contributed by atoms with Crippen LogP contribution in [-0.2, 0) is 32.5 Å². The van der Waals surface area contributed by atoms with E-state index in [1.165, 1.54) is 17.5 Å². The quantitative estimate of drug-likeness (QED) is 0.795. The van der Waals surface area contributed by atoms with E-state index in [4.69, 9.17) is 9.47 Å². The molecular weight excluding hydrogens is 360 g/mol. The molecule has 26 heavy (non-hydrogen) atoms. The Morgan fingerprint density at radius 3 is 2.46 bits per heavy atom. The molecule has 0 aliphatic carbocycles. The van der Waals surface area contributed by atoms with Crippen LogP contribution in [0.1, 0.15) is 42.3 Å². The maximum absolute atomic E-state index is 12.0. The van der Waals surface area contributed by atoms with Crippen molar-refractivity contribution in [2.24, 2.45) is 0 Å². The van der Waals surface area contributed by atoms with Crippen LogP contribution in [0, 0.1) is 0 Å². The van der Waals surface area contributed by atoms with E-state index in [1.807, 2.05) is 0 Å². The van der Waals surface area contributed by atoms with Gasteiger partial charge in [-0.15, -0.1) is 0 Å². The summed E-state index contributed by atoms with van der Waals surface area (Å²) in [6, 6.07) is 3.11. The van der Waals surface area contributed by atoms with Gasteiger partial charge in [-0.3, -0.25) is 4.31 Å². The van der Waals surface area contributed by atoms with Crippen molar-refractivity contribution in [1.82, 2.24) is 5.32 Å². The molecule has 1 N–H and O–H groups in total. The molecule has 1 heterocycles. The highest BCUT2D eigenvalue weighted by Crippen LogP contribution is 2.34. The molecule has 0 saturated carbocycles. The average Bonchev–Trinajstić information content (AvgIpc) is 2.94. The number of carbonyl (C=O) groups excluding carboxylic acids is 2. The minimum atomic E-state index is -3.47. The van der Waals surface area contributed by atoms with E-state index in [9.17, 15) is 18.0 Å². The summed E-state index contributed by atoms with van der Waals surface area (Å²) in [7, 11) is -2.22. The standard InChI is InChI=1S/C17H24N2O6S/c1-17(2,3)25-16(21)18-10-12-8-11(15(20)24-4)9-14-13(12)6-7-19(14)26(5,22)23/h8-9H,6-7,10H2,1-5H3,(H,18,21). The number of rotatable bonds is 4. The van der Waals surface area contributed by atoms with Gasteiger partial charge in [0.25, 0.3) is 0 Å². The fraction of sp³-hybridized carbons (Fsp3) is 0.529. The topological polar surface area (TPSA) is 102 Å². The van der Waals surface area contributed by atoms with E-state index in [-0.39, 0.29) is 18.7 Å². The number of sulfonamides is 1. The maximum atomic E-state index is 12.0. The first-order chi connectivity index (χ1) is 11.9. The fourth-order valence-electron chi connectivity index (χ4n) is 2.78. The summed E-state index contributed by atoms with van der Waals surface area (Å²) in [6.45, 7) is 5.67. The van der Waals surface area contributed by atoms with Crippen LogP contribution in [-0.4, -0.2) is 46.0 Å². The Hall–Kier alpha value is -2.29. The number of benzene rings is 1. The first-order valence-corrected chi connectivity index (χ1v) is 9.96. The fourth-order valence-corrected chi connectivity index (χ4v) is 3.72. The van der Waals surface area contributed by atoms with Gasteiger partial charge in [0.2, 0.25) is 10.0 Å². The van der Waals surface area contributed by atoms with Gasteiger partial charge in [0.05, 0.1) is 24.6 Å². The van der Waals surface area contributed by atoms with E-state index in [1.54, 1.807) is 26.8 Å². The Bertz CT molecular complexity index is 826. The summed E-state index contributed by atoms with van der Waals surface area (Å²) in [6.07, 6.45) is 1.02. The number of nitrogens with one attached hydrogen (secondary N) is 1. The normalized spacial score (nSPS) is 14.0. The number of anilines is 1. The zero-order valence-corrected chi connectivity index (χ0v) is 16.4. The van der Waals surface area contributed by atoms with Crippen LogP contribution in [0.15, 0.2) is 12.1 Å². The first kappa shape index (κ1) is 20.0. The number of amides is 1. The molecule has 1 aliphatic heterocycles. The second-order valence-corrected chi connectivity index (χ2v) is 8.97. The zero-order chi connectivity index (χ0) is 19.7. The number of fused-ring (bicyclic) bond motifs is 1. The predicted molar refractivity (Wildman–Crippen MR) is 96.7 cm³/mol. The number of methoxy groups -OCH3 is 1. The number of hydrogen-bond acceptors (Lipinski definition) is 6. The van der Waals surface area contributed by atoms with E-state index < -0.39 is 27.7 Å². The Morgan fingerprint density at radius 2 is 1.92 bits per heavy atom. The van der Waals surface area contributed by atoms with Crippen LogP contribution < -0.4 is 9.62 Å². The molecule has 8 nitrogen and oxygen atoms in total. The van der Waals surface area contributed by atoms with E-state index >= 15 is 0 Å². The minimum Gasteiger partial charge on any atom is -0.465 e. The Labute approximate surface area is 153 Å². The Morgan fingerprint density at radius 1 is 1.27 bits per heavy atom. The molecule has 1 amide bonds. The van der Waals surface area contributed by atoms with E-state index in [0.717, 1.165) is 11.8 Å². The molecule has 0 radical (unpaired) electrons. The zero-order valence-electron chi connectivity index (χ0n) is 15.6. The lowest BCUT2D eigenvalue weighted by Gasteiger charge is -2.21. The summed E-state index contributed by atoms with van der Waals surface area (Å²) in [4.78, 5) is 23.8. The van der Waals surface area contributed by atoms with Gasteiger partial charge in [-0.2, -0.15) is 0 Å². The summed E-state index contributed by atoms with van der Waals surface area (Å²) in [5.41, 5.74) is 1.46. The molecule has 0 aromatic heterocycles. The van der Waals surface area contributed by atoms with Crippen molar-refractivity contribution in [3.63, 3.8) is 0 Å². The number of esters is 1. The lowest BCUT2D eigenvalue weighted by Crippen LogP contribution is -2.32. The summed E-state index contributed by atoms with van der Waals surface area (Å²) in [5, 5.41) is 2.64. The predicted octanol–water partition coefficient (Wildman–Crippen LogP) is 1.82. The lowest BCUT2D eigenvalue weighted by atomic mass is 10.0. The van der Waals surface area contributed by atoms with Gasteiger partial charge in [-0.25, -0.2) is 18.0 Å². The second-order valence-electron chi connectivity index (χ2n) is 7.07. The molecule has 0 spiro atoms. The molecule has 9 heteroatoms. The summed E-state index contributed by atoms with van der Waals surface area (Å²) >= 11 is 0. The third kappa shape index (κ3) is 4.66. The van der Waals surface area contributed by atoms with Crippen molar-refractivity contribution in [2.45, 2.75) is 39.3 Å². The van der Waals surface area contributed by atoms with Crippen LogP contribution in [0.25, 0.3) is 0 Å². The third-order valence-electron chi connectivity index (χ3n) is 3.80. The van der Waals surface area contributed by atoms with Gasteiger partial charge in [0.15, 0.2) is 0 Å². The molecule has 1 aromatic rings. The maximum Gasteiger partial charge on any atom is 0.407 e. The van der Waals surface area contributed by atoms with Gasteiger partial charge in [-0.05, 0) is 50.5 Å². The van der Waals surface area contributed by atoms with Crippen LogP contribution >= 0.6 is 0 Å². The van der Waals surface area contributed by atoms with Gasteiger partial charge in [0.1, 0.15) is 5.60 Å². The highest BCUT2D eigenvalue weighted by molar-refractivity contribution is 7.92. The van der Waals surface area contributed by atoms with Crippen LogP contribution in [0.2, 0.25) is 0 Å². The van der Waals surface area contributed by atoms with E-state index in [0.29, 0.717) is 17.7 Å². The number of carbonyl (C=O) groups is 2. The lowest BCUT2D eigenvalue weighted by molar-refractivity contribution is 0.0523. The summed E-state index contributed by atoms with van der Waals surface area (Å²) in [5.74, 6) is -0.577. The molecule has 2 rings (SSSR count). The Balaban J connectivity index is 2.36. The van der Waals surface area contributed by atoms with Gasteiger partial charge in [-0.1, -0.05) is 0 Å². The Kier molecular flexibility index (Phi) is 5.50. The largest absolute Gasteiger partial charge is 0.465 e. The molecule has 0 atom stereocenters. The van der Waals surface area contributed by atoms with Crippen molar-refractivity contribution in [3.8, 4) is 0 Å². The van der Waals surface area contributed by atoms with Crippen LogP contribution in [0.5, 0.6) is 0 Å². The smallest absolute Gasteiger partial charge is 0.407 e. The second kappa shape index (κ2) is 7.14. The number of alkyl carbamates (subject to hydrolysis) is 1. The molecule has 0 saturated heterocycles. The highest BCUT2D eigenvalue weighted by Gasteiger charge is 2.30. The minimum absolute atomic E-state index is 0.111. The number of hydrogen-bond donors (Lipinski definition) is 1. The van der Waals surface area contributed by atoms with Crippen molar-refractivity contribution in [3.05, 3.63) is 28.8 Å². The summed E-state index contributed by atoms with van der Waals surface area (Å²) < 4.78 is 35.2. The monoisotopic (exact) mass is 384 g/mol. The molecule has 144 valence electrons. The van der Waals surface area contributed by atoms with E-state index in [2.05, 4.69) is 5.32 Å². The van der Waals surface area contributed by atoms with Crippen LogP contribution in [0.3, 0.4) is 0 Å². The first-order valence-electron chi connectivity index (χ1n) is 8.11.